The molecule has 12 heavy (non-hydrogen) atoms. The molecule has 0 aromatic carbocycles. The first kappa shape index (κ1) is 9.81. The number of hydrogen-bond donors (Lipinski definition) is 2. The largest absolute Gasteiger partial charge is 0.393 e. The predicted octanol–water partition coefficient (Wildman–Crippen LogP) is 0.645. The van der Waals surface area contributed by atoms with Crippen molar-refractivity contribution in [1.29, 1.82) is 0 Å². The molecule has 0 spiro atoms. The quantitative estimate of drug-likeness (QED) is 0.641. The van der Waals surface area contributed by atoms with Crippen molar-refractivity contribution in [2.24, 2.45) is 0 Å². The van der Waals surface area contributed by atoms with Gasteiger partial charge in [-0.3, -0.25) is 4.79 Å². The molecule has 1 rings (SSSR count). The average molecular weight is 192 g/mol. The van der Waals surface area contributed by atoms with Crippen molar-refractivity contribution in [3.8, 4) is 0 Å². The van der Waals surface area contributed by atoms with Crippen molar-refractivity contribution in [2.75, 3.05) is 5.88 Å². The van der Waals surface area contributed by atoms with Crippen LogP contribution in [0.4, 0.5) is 0 Å². The van der Waals surface area contributed by atoms with Crippen molar-refractivity contribution >= 4 is 17.5 Å². The molecule has 0 bridgehead atoms. The fourth-order valence-electron chi connectivity index (χ4n) is 1.23. The number of hydrogen-bond acceptors (Lipinski definition) is 2. The van der Waals surface area contributed by atoms with Crippen LogP contribution in [0.25, 0.3) is 0 Å². The van der Waals surface area contributed by atoms with Gasteiger partial charge in [0.15, 0.2) is 0 Å². The second kappa shape index (κ2) is 4.67. The van der Waals surface area contributed by atoms with E-state index in [4.69, 9.17) is 16.7 Å². The SMILES string of the molecule is O=C(CCCCl)NC1CC(O)C1. The van der Waals surface area contributed by atoms with Crippen molar-refractivity contribution < 1.29 is 9.90 Å². The summed E-state index contributed by atoms with van der Waals surface area (Å²) in [5, 5.41) is 11.8. The van der Waals surface area contributed by atoms with Gasteiger partial charge in [-0.1, -0.05) is 0 Å². The first-order valence-electron chi connectivity index (χ1n) is 4.25. The van der Waals surface area contributed by atoms with E-state index < -0.39 is 0 Å². The predicted molar refractivity (Wildman–Crippen MR) is 47.1 cm³/mol. The molecule has 0 atom stereocenters. The van der Waals surface area contributed by atoms with E-state index in [1.807, 2.05) is 0 Å². The highest BCUT2D eigenvalue weighted by Gasteiger charge is 2.27. The van der Waals surface area contributed by atoms with E-state index in [1.165, 1.54) is 0 Å². The molecule has 1 amide bonds. The lowest BCUT2D eigenvalue weighted by molar-refractivity contribution is -0.123. The van der Waals surface area contributed by atoms with E-state index in [-0.39, 0.29) is 18.1 Å². The summed E-state index contributed by atoms with van der Waals surface area (Å²) in [5.41, 5.74) is 0. The molecule has 0 aromatic rings. The van der Waals surface area contributed by atoms with Gasteiger partial charge >= 0.3 is 0 Å². The third-order valence-electron chi connectivity index (χ3n) is 2.02. The lowest BCUT2D eigenvalue weighted by Gasteiger charge is -2.31. The van der Waals surface area contributed by atoms with Gasteiger partial charge in [-0.15, -0.1) is 11.6 Å². The number of aliphatic hydroxyl groups excluding tert-OH is 1. The van der Waals surface area contributed by atoms with Gasteiger partial charge in [-0.25, -0.2) is 0 Å². The molecule has 1 saturated carbocycles. The van der Waals surface area contributed by atoms with Crippen LogP contribution in [-0.4, -0.2) is 29.0 Å². The Morgan fingerprint density at radius 2 is 2.25 bits per heavy atom. The van der Waals surface area contributed by atoms with Gasteiger partial charge in [0.05, 0.1) is 6.10 Å². The van der Waals surface area contributed by atoms with Crippen LogP contribution in [0.15, 0.2) is 0 Å². The highest BCUT2D eigenvalue weighted by atomic mass is 35.5. The van der Waals surface area contributed by atoms with Crippen LogP contribution in [0.2, 0.25) is 0 Å². The molecule has 0 saturated heterocycles. The van der Waals surface area contributed by atoms with E-state index in [2.05, 4.69) is 5.32 Å². The summed E-state index contributed by atoms with van der Waals surface area (Å²) in [6.07, 6.45) is 2.42. The normalized spacial score (nSPS) is 27.8. The Bertz CT molecular complexity index is 157. The fraction of sp³-hybridized carbons (Fsp3) is 0.875. The first-order valence-corrected chi connectivity index (χ1v) is 4.79. The molecule has 4 heteroatoms. The monoisotopic (exact) mass is 191 g/mol. The first-order chi connectivity index (χ1) is 5.72. The van der Waals surface area contributed by atoms with Crippen LogP contribution in [0.5, 0.6) is 0 Å². The zero-order valence-electron chi connectivity index (χ0n) is 6.92. The Kier molecular flexibility index (Phi) is 3.82. The van der Waals surface area contributed by atoms with Crippen molar-refractivity contribution in [2.45, 2.75) is 37.8 Å². The molecule has 1 fully saturated rings. The van der Waals surface area contributed by atoms with Crippen molar-refractivity contribution in [1.82, 2.24) is 5.32 Å². The molecule has 2 N–H and O–H groups in total. The minimum absolute atomic E-state index is 0.0487. The molecular formula is C8H14ClNO2. The summed E-state index contributed by atoms with van der Waals surface area (Å²) in [6.45, 7) is 0. The topological polar surface area (TPSA) is 49.3 Å². The molecule has 3 nitrogen and oxygen atoms in total. The Morgan fingerprint density at radius 1 is 1.58 bits per heavy atom. The molecule has 0 unspecified atom stereocenters. The zero-order chi connectivity index (χ0) is 8.97. The zero-order valence-corrected chi connectivity index (χ0v) is 7.68. The molecule has 0 aliphatic heterocycles. The Balaban J connectivity index is 2.03. The Morgan fingerprint density at radius 3 is 2.75 bits per heavy atom. The Labute approximate surface area is 77.1 Å². The van der Waals surface area contributed by atoms with E-state index in [0.717, 1.165) is 6.42 Å². The Hall–Kier alpha value is -0.280. The lowest BCUT2D eigenvalue weighted by atomic mass is 9.89. The summed E-state index contributed by atoms with van der Waals surface area (Å²) in [5.74, 6) is 0.577. The maximum atomic E-state index is 11.1. The molecule has 1 aliphatic rings. The van der Waals surface area contributed by atoms with Crippen LogP contribution >= 0.6 is 11.6 Å². The van der Waals surface area contributed by atoms with Gasteiger partial charge in [0.2, 0.25) is 5.91 Å². The number of carbonyl (C=O) groups excluding carboxylic acids is 1. The number of rotatable bonds is 4. The van der Waals surface area contributed by atoms with Gasteiger partial charge in [0.1, 0.15) is 0 Å². The second-order valence-corrected chi connectivity index (χ2v) is 3.56. The van der Waals surface area contributed by atoms with Crippen molar-refractivity contribution in [3.63, 3.8) is 0 Å². The molecule has 0 radical (unpaired) electrons. The van der Waals surface area contributed by atoms with Crippen LogP contribution < -0.4 is 5.32 Å². The standard InChI is InChI=1S/C8H14ClNO2/c9-3-1-2-8(12)10-6-4-7(11)5-6/h6-7,11H,1-5H2,(H,10,12). The van der Waals surface area contributed by atoms with Crippen LogP contribution in [0, 0.1) is 0 Å². The summed E-state index contributed by atoms with van der Waals surface area (Å²) < 4.78 is 0. The fourth-order valence-corrected chi connectivity index (χ4v) is 1.37. The second-order valence-electron chi connectivity index (χ2n) is 3.18. The van der Waals surface area contributed by atoms with Gasteiger partial charge < -0.3 is 10.4 Å². The molecule has 1 aliphatic carbocycles. The third-order valence-corrected chi connectivity index (χ3v) is 2.28. The summed E-state index contributed by atoms with van der Waals surface area (Å²) in [7, 11) is 0. The average Bonchev–Trinajstić information content (AvgIpc) is 1.98. The van der Waals surface area contributed by atoms with Gasteiger partial charge in [0, 0.05) is 18.3 Å². The van der Waals surface area contributed by atoms with Crippen LogP contribution in [0.3, 0.4) is 0 Å². The highest BCUT2D eigenvalue weighted by molar-refractivity contribution is 6.17. The summed E-state index contributed by atoms with van der Waals surface area (Å²) in [6, 6.07) is 0.197. The lowest BCUT2D eigenvalue weighted by Crippen LogP contribution is -2.46. The number of nitrogens with one attached hydrogen (secondary N) is 1. The van der Waals surface area contributed by atoms with E-state index in [9.17, 15) is 4.79 Å². The molecule has 70 valence electrons. The van der Waals surface area contributed by atoms with Crippen LogP contribution in [0.1, 0.15) is 25.7 Å². The van der Waals surface area contributed by atoms with Crippen LogP contribution in [-0.2, 0) is 4.79 Å². The number of amides is 1. The number of carbonyl (C=O) groups is 1. The molecular weight excluding hydrogens is 178 g/mol. The number of halogens is 1. The minimum Gasteiger partial charge on any atom is -0.393 e. The van der Waals surface area contributed by atoms with E-state index >= 15 is 0 Å². The summed E-state index contributed by atoms with van der Waals surface area (Å²) in [4.78, 5) is 11.1. The van der Waals surface area contributed by atoms with Gasteiger partial charge in [-0.05, 0) is 19.3 Å². The van der Waals surface area contributed by atoms with Crippen molar-refractivity contribution in [3.05, 3.63) is 0 Å². The molecule has 0 aromatic heterocycles. The maximum Gasteiger partial charge on any atom is 0.220 e. The third kappa shape index (κ3) is 2.99. The number of alkyl halides is 1. The minimum atomic E-state index is -0.205. The maximum absolute atomic E-state index is 11.1. The van der Waals surface area contributed by atoms with E-state index in [1.54, 1.807) is 0 Å². The van der Waals surface area contributed by atoms with Gasteiger partial charge in [-0.2, -0.15) is 0 Å². The summed E-state index contributed by atoms with van der Waals surface area (Å²) >= 11 is 5.43. The highest BCUT2D eigenvalue weighted by Crippen LogP contribution is 2.19. The smallest absolute Gasteiger partial charge is 0.220 e. The molecule has 0 heterocycles. The van der Waals surface area contributed by atoms with E-state index in [0.29, 0.717) is 25.1 Å². The number of aliphatic hydroxyl groups is 1. The van der Waals surface area contributed by atoms with Gasteiger partial charge in [0.25, 0.3) is 0 Å².